The lowest BCUT2D eigenvalue weighted by Gasteiger charge is -2.06. The molecule has 0 spiro atoms. The highest BCUT2D eigenvalue weighted by Crippen LogP contribution is 2.37. The van der Waals surface area contributed by atoms with Gasteiger partial charge in [-0.3, -0.25) is 5.10 Å². The summed E-state index contributed by atoms with van der Waals surface area (Å²) in [6, 6.07) is 9.73. The third-order valence-corrected chi connectivity index (χ3v) is 3.50. The minimum absolute atomic E-state index is 0.457. The van der Waals surface area contributed by atoms with E-state index in [1.807, 2.05) is 30.3 Å². The smallest absolute Gasteiger partial charge is 0.153 e. The van der Waals surface area contributed by atoms with Gasteiger partial charge in [0.15, 0.2) is 5.82 Å². The maximum Gasteiger partial charge on any atom is 0.153 e. The predicted octanol–water partition coefficient (Wildman–Crippen LogP) is 2.88. The Morgan fingerprint density at radius 2 is 1.95 bits per heavy atom. The number of benzene rings is 1. The molecule has 0 amide bonds. The number of nitrogen functional groups attached to an aromatic ring is 1. The van der Waals surface area contributed by atoms with E-state index in [4.69, 9.17) is 5.73 Å². The molecule has 0 atom stereocenters. The standard InChI is InChI=1S/C13H10BrN5/c14-10-4-2-1-3-9(10)11-12(18-19-13(11)15)8-5-6-16-17-7-8/h1-7H,(H3,15,18,19). The van der Waals surface area contributed by atoms with Gasteiger partial charge in [0.25, 0.3) is 0 Å². The number of hydrogen-bond donors (Lipinski definition) is 2. The van der Waals surface area contributed by atoms with Crippen molar-refractivity contribution < 1.29 is 0 Å². The fourth-order valence-corrected chi connectivity index (χ4v) is 2.42. The van der Waals surface area contributed by atoms with E-state index in [0.717, 1.165) is 26.9 Å². The molecule has 0 aliphatic rings. The van der Waals surface area contributed by atoms with E-state index in [0.29, 0.717) is 5.82 Å². The molecular weight excluding hydrogens is 306 g/mol. The number of nitrogens with one attached hydrogen (secondary N) is 1. The zero-order valence-corrected chi connectivity index (χ0v) is 11.4. The SMILES string of the molecule is Nc1n[nH]c(-c2ccnnc2)c1-c1ccccc1Br. The first-order chi connectivity index (χ1) is 9.27. The molecule has 1 aromatic carbocycles. The molecule has 3 N–H and O–H groups in total. The molecule has 3 aromatic rings. The van der Waals surface area contributed by atoms with Crippen LogP contribution in [0.3, 0.4) is 0 Å². The highest BCUT2D eigenvalue weighted by molar-refractivity contribution is 9.10. The van der Waals surface area contributed by atoms with Crippen LogP contribution in [-0.2, 0) is 0 Å². The molecule has 2 heterocycles. The number of nitrogens with two attached hydrogens (primary N) is 1. The monoisotopic (exact) mass is 315 g/mol. The van der Waals surface area contributed by atoms with Gasteiger partial charge in [-0.25, -0.2) is 0 Å². The zero-order chi connectivity index (χ0) is 13.2. The Hall–Kier alpha value is -2.21. The lowest BCUT2D eigenvalue weighted by atomic mass is 10.0. The van der Waals surface area contributed by atoms with Crippen LogP contribution in [0.25, 0.3) is 22.4 Å². The van der Waals surface area contributed by atoms with Crippen LogP contribution in [0.4, 0.5) is 5.82 Å². The van der Waals surface area contributed by atoms with E-state index in [-0.39, 0.29) is 0 Å². The van der Waals surface area contributed by atoms with E-state index in [1.54, 1.807) is 12.4 Å². The Kier molecular flexibility index (Phi) is 3.00. The van der Waals surface area contributed by atoms with Crippen LogP contribution in [0, 0.1) is 0 Å². The van der Waals surface area contributed by atoms with E-state index < -0.39 is 0 Å². The lowest BCUT2D eigenvalue weighted by molar-refractivity contribution is 1.03. The summed E-state index contributed by atoms with van der Waals surface area (Å²) in [4.78, 5) is 0. The van der Waals surface area contributed by atoms with Crippen molar-refractivity contribution in [3.8, 4) is 22.4 Å². The molecule has 94 valence electrons. The molecule has 0 saturated carbocycles. The summed E-state index contributed by atoms with van der Waals surface area (Å²) in [6.45, 7) is 0. The number of nitrogens with zero attached hydrogens (tertiary/aromatic N) is 3. The van der Waals surface area contributed by atoms with E-state index >= 15 is 0 Å². The minimum atomic E-state index is 0.457. The molecule has 19 heavy (non-hydrogen) atoms. The molecule has 2 aromatic heterocycles. The molecule has 0 unspecified atom stereocenters. The summed E-state index contributed by atoms with van der Waals surface area (Å²) < 4.78 is 0.964. The lowest BCUT2D eigenvalue weighted by Crippen LogP contribution is -1.90. The number of rotatable bonds is 2. The maximum absolute atomic E-state index is 5.98. The fourth-order valence-electron chi connectivity index (χ4n) is 1.94. The molecule has 0 fully saturated rings. The molecule has 0 radical (unpaired) electrons. The van der Waals surface area contributed by atoms with Crippen molar-refractivity contribution in [2.45, 2.75) is 0 Å². The number of anilines is 1. The highest BCUT2D eigenvalue weighted by Gasteiger charge is 2.16. The average Bonchev–Trinajstić information content (AvgIpc) is 2.82. The largest absolute Gasteiger partial charge is 0.382 e. The van der Waals surface area contributed by atoms with Crippen LogP contribution in [0.5, 0.6) is 0 Å². The minimum Gasteiger partial charge on any atom is -0.382 e. The average molecular weight is 316 g/mol. The Morgan fingerprint density at radius 1 is 1.11 bits per heavy atom. The van der Waals surface area contributed by atoms with Gasteiger partial charge >= 0.3 is 0 Å². The maximum atomic E-state index is 5.98. The van der Waals surface area contributed by atoms with Crippen molar-refractivity contribution >= 4 is 21.7 Å². The van der Waals surface area contributed by atoms with Gasteiger partial charge in [0, 0.05) is 15.6 Å². The van der Waals surface area contributed by atoms with Crippen LogP contribution in [0.15, 0.2) is 47.2 Å². The fraction of sp³-hybridized carbons (Fsp3) is 0. The first-order valence-electron chi connectivity index (χ1n) is 5.63. The topological polar surface area (TPSA) is 80.5 Å². The van der Waals surface area contributed by atoms with E-state index in [1.165, 1.54) is 0 Å². The summed E-state index contributed by atoms with van der Waals surface area (Å²) in [5.74, 6) is 0.457. The van der Waals surface area contributed by atoms with Gasteiger partial charge in [-0.2, -0.15) is 15.3 Å². The van der Waals surface area contributed by atoms with Crippen molar-refractivity contribution in [3.05, 3.63) is 47.2 Å². The molecule has 6 heteroatoms. The van der Waals surface area contributed by atoms with E-state index in [2.05, 4.69) is 36.3 Å². The summed E-state index contributed by atoms with van der Waals surface area (Å²) in [6.07, 6.45) is 3.31. The van der Waals surface area contributed by atoms with Gasteiger partial charge < -0.3 is 5.73 Å². The van der Waals surface area contributed by atoms with Gasteiger partial charge in [0.2, 0.25) is 0 Å². The van der Waals surface area contributed by atoms with Gasteiger partial charge in [-0.1, -0.05) is 34.1 Å². The Morgan fingerprint density at radius 3 is 2.68 bits per heavy atom. The summed E-state index contributed by atoms with van der Waals surface area (Å²) in [7, 11) is 0. The van der Waals surface area contributed by atoms with Crippen LogP contribution >= 0.6 is 15.9 Å². The normalized spacial score (nSPS) is 10.6. The molecule has 5 nitrogen and oxygen atoms in total. The Bertz CT molecular complexity index is 708. The summed E-state index contributed by atoms with van der Waals surface area (Å²) in [5, 5.41) is 14.7. The Labute approximate surface area is 118 Å². The van der Waals surface area contributed by atoms with Crippen LogP contribution in [0.2, 0.25) is 0 Å². The number of halogens is 1. The van der Waals surface area contributed by atoms with Crippen LogP contribution < -0.4 is 5.73 Å². The van der Waals surface area contributed by atoms with Gasteiger partial charge in [0.1, 0.15) is 0 Å². The zero-order valence-electron chi connectivity index (χ0n) is 9.84. The number of hydrogen-bond acceptors (Lipinski definition) is 4. The third kappa shape index (κ3) is 2.10. The van der Waals surface area contributed by atoms with Crippen molar-refractivity contribution in [2.24, 2.45) is 0 Å². The summed E-state index contributed by atoms with van der Waals surface area (Å²) >= 11 is 3.53. The van der Waals surface area contributed by atoms with Gasteiger partial charge in [0.05, 0.1) is 23.7 Å². The van der Waals surface area contributed by atoms with Crippen molar-refractivity contribution in [1.82, 2.24) is 20.4 Å². The highest BCUT2D eigenvalue weighted by atomic mass is 79.9. The van der Waals surface area contributed by atoms with Gasteiger partial charge in [-0.15, -0.1) is 0 Å². The molecule has 0 aliphatic carbocycles. The number of aromatic nitrogens is 4. The Balaban J connectivity index is 2.23. The van der Waals surface area contributed by atoms with Crippen molar-refractivity contribution in [3.63, 3.8) is 0 Å². The van der Waals surface area contributed by atoms with Crippen LogP contribution in [-0.4, -0.2) is 20.4 Å². The van der Waals surface area contributed by atoms with Crippen LogP contribution in [0.1, 0.15) is 0 Å². The second-order valence-corrected chi connectivity index (χ2v) is 4.82. The first-order valence-corrected chi connectivity index (χ1v) is 6.42. The molecule has 0 saturated heterocycles. The molecule has 0 aliphatic heterocycles. The number of aromatic amines is 1. The third-order valence-electron chi connectivity index (χ3n) is 2.81. The molecular formula is C13H10BrN5. The second kappa shape index (κ2) is 4.81. The van der Waals surface area contributed by atoms with Crippen molar-refractivity contribution in [2.75, 3.05) is 5.73 Å². The van der Waals surface area contributed by atoms with Gasteiger partial charge in [-0.05, 0) is 12.1 Å². The molecule has 0 bridgehead atoms. The second-order valence-electron chi connectivity index (χ2n) is 3.97. The first kappa shape index (κ1) is 11.9. The number of H-pyrrole nitrogens is 1. The molecule has 3 rings (SSSR count). The predicted molar refractivity (Wildman–Crippen MR) is 77.2 cm³/mol. The quantitative estimate of drug-likeness (QED) is 0.762. The van der Waals surface area contributed by atoms with E-state index in [9.17, 15) is 0 Å². The van der Waals surface area contributed by atoms with Crippen molar-refractivity contribution in [1.29, 1.82) is 0 Å². The summed E-state index contributed by atoms with van der Waals surface area (Å²) in [5.41, 5.74) is 9.55.